The molecule has 1 fully saturated rings. The number of nitrogens with zero attached hydrogens (tertiary/aromatic N) is 2. The summed E-state index contributed by atoms with van der Waals surface area (Å²) in [5, 5.41) is 3.88. The lowest BCUT2D eigenvalue weighted by molar-refractivity contribution is -0.191. The minimum absolute atomic E-state index is 0.0140. The number of rotatable bonds is 3. The molecule has 0 bridgehead atoms. The Hall–Kier alpha value is -1.53. The summed E-state index contributed by atoms with van der Waals surface area (Å²) >= 11 is 0. The number of ether oxygens (including phenoxy) is 1. The predicted molar refractivity (Wildman–Crippen MR) is 65.6 cm³/mol. The first-order chi connectivity index (χ1) is 9.36. The number of aryl methyl sites for hydroxylation is 1. The van der Waals surface area contributed by atoms with Gasteiger partial charge in [0.05, 0.1) is 19.2 Å². The number of hydrogen-bond acceptors (Lipinski definition) is 3. The van der Waals surface area contributed by atoms with Crippen LogP contribution in [0.2, 0.25) is 0 Å². The van der Waals surface area contributed by atoms with Crippen LogP contribution in [0.3, 0.4) is 0 Å². The summed E-state index contributed by atoms with van der Waals surface area (Å²) in [6.07, 6.45) is -1.57. The lowest BCUT2D eigenvalue weighted by Gasteiger charge is -2.31. The van der Waals surface area contributed by atoms with Gasteiger partial charge in [0.15, 0.2) is 11.5 Å². The van der Waals surface area contributed by atoms with Crippen LogP contribution in [0.1, 0.15) is 36.2 Å². The third kappa shape index (κ3) is 2.66. The molecule has 112 valence electrons. The summed E-state index contributed by atoms with van der Waals surface area (Å²) in [6, 6.07) is 0. The van der Waals surface area contributed by atoms with E-state index in [4.69, 9.17) is 4.74 Å². The van der Waals surface area contributed by atoms with Crippen molar-refractivity contribution in [2.24, 2.45) is 18.9 Å². The molecule has 1 aromatic rings. The van der Waals surface area contributed by atoms with Crippen LogP contribution >= 0.6 is 0 Å². The summed E-state index contributed by atoms with van der Waals surface area (Å²) in [5.74, 6) is -2.90. The van der Waals surface area contributed by atoms with E-state index in [-0.39, 0.29) is 24.3 Å². The fraction of sp³-hybridized carbons (Fsp3) is 0.692. The van der Waals surface area contributed by atoms with Crippen LogP contribution in [0.25, 0.3) is 0 Å². The predicted octanol–water partition coefficient (Wildman–Crippen LogP) is 2.98. The third-order valence-electron chi connectivity index (χ3n) is 3.88. The SMILES string of the molecule is COc1cnn(C)c1C(=O)C1CCCCC1C(F)(F)F. The zero-order valence-electron chi connectivity index (χ0n) is 11.4. The zero-order valence-corrected chi connectivity index (χ0v) is 11.4. The topological polar surface area (TPSA) is 44.1 Å². The van der Waals surface area contributed by atoms with E-state index in [1.807, 2.05) is 0 Å². The first kappa shape index (κ1) is 14.9. The largest absolute Gasteiger partial charge is 0.493 e. The van der Waals surface area contributed by atoms with Crippen molar-refractivity contribution in [2.45, 2.75) is 31.9 Å². The number of aromatic nitrogens is 2. The van der Waals surface area contributed by atoms with Crippen molar-refractivity contribution in [3.63, 3.8) is 0 Å². The van der Waals surface area contributed by atoms with Crippen molar-refractivity contribution in [3.8, 4) is 5.75 Å². The standard InChI is InChI=1S/C13H17F3N2O2/c1-18-11(10(20-2)7-17-18)12(19)8-5-3-4-6-9(8)13(14,15)16/h7-9H,3-6H2,1-2H3. The summed E-state index contributed by atoms with van der Waals surface area (Å²) in [5.41, 5.74) is 0.119. The normalized spacial score (nSPS) is 23.6. The highest BCUT2D eigenvalue weighted by molar-refractivity contribution is 5.99. The number of ketones is 1. The van der Waals surface area contributed by atoms with E-state index in [1.54, 1.807) is 0 Å². The molecule has 1 saturated carbocycles. The van der Waals surface area contributed by atoms with E-state index in [9.17, 15) is 18.0 Å². The molecule has 0 amide bonds. The molecule has 7 heteroatoms. The molecule has 1 aromatic heterocycles. The highest BCUT2D eigenvalue weighted by Crippen LogP contribution is 2.43. The Morgan fingerprint density at radius 2 is 2.05 bits per heavy atom. The van der Waals surface area contributed by atoms with Crippen molar-refractivity contribution in [1.82, 2.24) is 9.78 Å². The van der Waals surface area contributed by atoms with Crippen molar-refractivity contribution in [3.05, 3.63) is 11.9 Å². The highest BCUT2D eigenvalue weighted by Gasteiger charge is 2.48. The van der Waals surface area contributed by atoms with Crippen LogP contribution < -0.4 is 4.74 Å². The maximum atomic E-state index is 13.1. The molecule has 2 unspecified atom stereocenters. The van der Waals surface area contributed by atoms with Crippen LogP contribution in [0.5, 0.6) is 5.75 Å². The smallest absolute Gasteiger partial charge is 0.392 e. The van der Waals surface area contributed by atoms with E-state index in [1.165, 1.54) is 25.0 Å². The monoisotopic (exact) mass is 290 g/mol. The number of halogens is 3. The van der Waals surface area contributed by atoms with Gasteiger partial charge in [0, 0.05) is 13.0 Å². The van der Waals surface area contributed by atoms with Gasteiger partial charge >= 0.3 is 6.18 Å². The average molecular weight is 290 g/mol. The molecule has 0 spiro atoms. The first-order valence-corrected chi connectivity index (χ1v) is 6.53. The Bertz CT molecular complexity index is 496. The molecule has 0 saturated heterocycles. The second kappa shape index (κ2) is 5.46. The van der Waals surface area contributed by atoms with Crippen molar-refractivity contribution in [2.75, 3.05) is 7.11 Å². The second-order valence-electron chi connectivity index (χ2n) is 5.09. The lowest BCUT2D eigenvalue weighted by atomic mass is 9.75. The van der Waals surface area contributed by atoms with Crippen LogP contribution in [0.4, 0.5) is 13.2 Å². The maximum Gasteiger partial charge on any atom is 0.392 e. The highest BCUT2D eigenvalue weighted by atomic mass is 19.4. The van der Waals surface area contributed by atoms with E-state index >= 15 is 0 Å². The van der Waals surface area contributed by atoms with Gasteiger partial charge in [0.25, 0.3) is 0 Å². The van der Waals surface area contributed by atoms with E-state index in [0.29, 0.717) is 12.8 Å². The van der Waals surface area contributed by atoms with Gasteiger partial charge in [-0.3, -0.25) is 9.48 Å². The number of alkyl halides is 3. The van der Waals surface area contributed by atoms with Gasteiger partial charge < -0.3 is 4.74 Å². The van der Waals surface area contributed by atoms with Crippen molar-refractivity contribution in [1.29, 1.82) is 0 Å². The zero-order chi connectivity index (χ0) is 14.9. The van der Waals surface area contributed by atoms with Crippen LogP contribution in [0, 0.1) is 11.8 Å². The lowest BCUT2D eigenvalue weighted by Crippen LogP contribution is -2.38. The van der Waals surface area contributed by atoms with Crippen molar-refractivity contribution < 1.29 is 22.7 Å². The van der Waals surface area contributed by atoms with Gasteiger partial charge in [0.2, 0.25) is 0 Å². The number of methoxy groups -OCH3 is 1. The number of carbonyl (C=O) groups excluding carboxylic acids is 1. The molecule has 20 heavy (non-hydrogen) atoms. The maximum absolute atomic E-state index is 13.1. The molecule has 4 nitrogen and oxygen atoms in total. The van der Waals surface area contributed by atoms with Crippen LogP contribution in [0.15, 0.2) is 6.20 Å². The number of Topliss-reactive ketones (excluding diaryl/α,β-unsaturated/α-hetero) is 1. The summed E-state index contributed by atoms with van der Waals surface area (Å²) in [4.78, 5) is 12.5. The Morgan fingerprint density at radius 1 is 1.40 bits per heavy atom. The van der Waals surface area contributed by atoms with E-state index < -0.39 is 23.8 Å². The quantitative estimate of drug-likeness (QED) is 0.804. The summed E-state index contributed by atoms with van der Waals surface area (Å²) in [7, 11) is 2.90. The Kier molecular flexibility index (Phi) is 4.06. The van der Waals surface area contributed by atoms with Crippen molar-refractivity contribution >= 4 is 5.78 Å². The minimum atomic E-state index is -4.34. The fourth-order valence-corrected chi connectivity index (χ4v) is 2.86. The number of carbonyl (C=O) groups is 1. The van der Waals surface area contributed by atoms with Gasteiger partial charge in [0.1, 0.15) is 5.69 Å². The van der Waals surface area contributed by atoms with Crippen LogP contribution in [-0.2, 0) is 7.05 Å². The number of hydrogen-bond donors (Lipinski definition) is 0. The van der Waals surface area contributed by atoms with E-state index in [0.717, 1.165) is 0 Å². The van der Waals surface area contributed by atoms with Gasteiger partial charge in [-0.25, -0.2) is 0 Å². The van der Waals surface area contributed by atoms with Crippen LogP contribution in [-0.4, -0.2) is 28.8 Å². The third-order valence-corrected chi connectivity index (χ3v) is 3.88. The molecule has 0 N–H and O–H groups in total. The molecule has 1 heterocycles. The van der Waals surface area contributed by atoms with Gasteiger partial charge in [-0.05, 0) is 12.8 Å². The molecule has 0 aliphatic heterocycles. The average Bonchev–Trinajstić information content (AvgIpc) is 2.78. The van der Waals surface area contributed by atoms with Gasteiger partial charge in [-0.1, -0.05) is 12.8 Å². The Labute approximate surface area is 114 Å². The van der Waals surface area contributed by atoms with E-state index in [2.05, 4.69) is 5.10 Å². The second-order valence-corrected chi connectivity index (χ2v) is 5.09. The molecule has 0 radical (unpaired) electrons. The Morgan fingerprint density at radius 3 is 2.65 bits per heavy atom. The molecule has 1 aliphatic carbocycles. The molecule has 0 aromatic carbocycles. The molecule has 1 aliphatic rings. The van der Waals surface area contributed by atoms with Gasteiger partial charge in [-0.2, -0.15) is 18.3 Å². The molecule has 2 atom stereocenters. The minimum Gasteiger partial charge on any atom is -0.493 e. The fourth-order valence-electron chi connectivity index (χ4n) is 2.86. The Balaban J connectivity index is 2.32. The molecular formula is C13H17F3N2O2. The molecule has 2 rings (SSSR count). The first-order valence-electron chi connectivity index (χ1n) is 6.53. The summed E-state index contributed by atoms with van der Waals surface area (Å²) < 4.78 is 45.5. The van der Waals surface area contributed by atoms with Gasteiger partial charge in [-0.15, -0.1) is 0 Å². The molecular weight excluding hydrogens is 273 g/mol. The summed E-state index contributed by atoms with van der Waals surface area (Å²) in [6.45, 7) is 0.